The quantitative estimate of drug-likeness (QED) is 0.554. The van der Waals surface area contributed by atoms with Crippen LogP contribution in [0.4, 0.5) is 16.4 Å². The minimum absolute atomic E-state index is 0.377. The number of carbonyl (C=O) groups is 1. The highest BCUT2D eigenvalue weighted by molar-refractivity contribution is 5.70. The molecular formula is C25H27N5O2. The van der Waals surface area contributed by atoms with Gasteiger partial charge in [0.2, 0.25) is 5.95 Å². The summed E-state index contributed by atoms with van der Waals surface area (Å²) in [6.45, 7) is 9.27. The van der Waals surface area contributed by atoms with Gasteiger partial charge in [-0.3, -0.25) is 0 Å². The molecule has 0 unspecified atom stereocenters. The maximum atomic E-state index is 12.2. The third-order valence-electron chi connectivity index (χ3n) is 4.63. The normalized spacial score (nSPS) is 11.4. The zero-order chi connectivity index (χ0) is 23.4. The summed E-state index contributed by atoms with van der Waals surface area (Å²) in [5.74, 6) is 0.404. The number of para-hydroxylation sites is 1. The second-order valence-electron chi connectivity index (χ2n) is 8.89. The van der Waals surface area contributed by atoms with Crippen LogP contribution in [0.3, 0.4) is 0 Å². The van der Waals surface area contributed by atoms with Gasteiger partial charge < -0.3 is 15.4 Å². The minimum atomic E-state index is -0.648. The van der Waals surface area contributed by atoms with Crippen molar-refractivity contribution in [3.8, 4) is 17.3 Å². The molecule has 0 atom stereocenters. The molecule has 0 saturated carbocycles. The van der Waals surface area contributed by atoms with Gasteiger partial charge in [0.25, 0.3) is 0 Å². The Morgan fingerprint density at radius 1 is 1.00 bits per heavy atom. The van der Waals surface area contributed by atoms with Crippen molar-refractivity contribution in [1.29, 1.82) is 5.26 Å². The van der Waals surface area contributed by atoms with Gasteiger partial charge in [-0.05, 0) is 52.3 Å². The highest BCUT2D eigenvalue weighted by Crippen LogP contribution is 2.27. The van der Waals surface area contributed by atoms with E-state index in [-0.39, 0.29) is 0 Å². The topological polar surface area (TPSA) is 99.9 Å². The second kappa shape index (κ2) is 9.06. The fraction of sp³-hybridized carbons (Fsp3) is 0.280. The first-order valence-electron chi connectivity index (χ1n) is 10.3. The first-order chi connectivity index (χ1) is 15.1. The summed E-state index contributed by atoms with van der Waals surface area (Å²) in [7, 11) is 0. The van der Waals surface area contributed by atoms with Gasteiger partial charge in [0.15, 0.2) is 0 Å². The Bertz CT molecular complexity index is 1130. The van der Waals surface area contributed by atoms with Crippen molar-refractivity contribution >= 4 is 17.7 Å². The van der Waals surface area contributed by atoms with Gasteiger partial charge >= 0.3 is 6.09 Å². The molecule has 1 aromatic heterocycles. The van der Waals surface area contributed by atoms with Crippen molar-refractivity contribution in [2.24, 2.45) is 0 Å². The lowest BCUT2D eigenvalue weighted by Crippen LogP contribution is -2.43. The summed E-state index contributed by atoms with van der Waals surface area (Å²) in [6.07, 6.45) is 1.03. The Labute approximate surface area is 188 Å². The van der Waals surface area contributed by atoms with Crippen LogP contribution in [0.2, 0.25) is 0 Å². The average molecular weight is 430 g/mol. The number of nitrogens with one attached hydrogen (secondary N) is 2. The number of anilines is 2. The SMILES string of the molecule is CC(C)(C)OC(=O)NC(C)(C)c1ccc(-c2nc(Nc3ccccc3)ncc2C#N)cc1. The molecule has 3 rings (SSSR count). The van der Waals surface area contributed by atoms with Crippen LogP contribution in [0.15, 0.2) is 60.8 Å². The number of ether oxygens (including phenoxy) is 1. The smallest absolute Gasteiger partial charge is 0.408 e. The van der Waals surface area contributed by atoms with Gasteiger partial charge in [-0.1, -0.05) is 42.5 Å². The maximum absolute atomic E-state index is 12.2. The zero-order valence-corrected chi connectivity index (χ0v) is 18.9. The number of amides is 1. The first kappa shape index (κ1) is 22.8. The molecule has 0 fully saturated rings. The standard InChI is InChI=1S/C25H27N5O2/c1-24(2,3)32-23(31)30-25(4,5)19-13-11-17(12-14-19)21-18(15-26)16-27-22(29-21)28-20-9-7-6-8-10-20/h6-14,16H,1-5H3,(H,30,31)(H,27,28,29). The third kappa shape index (κ3) is 5.82. The van der Waals surface area contributed by atoms with Crippen LogP contribution in [0, 0.1) is 11.3 Å². The molecule has 0 spiro atoms. The molecular weight excluding hydrogens is 402 g/mol. The highest BCUT2D eigenvalue weighted by atomic mass is 16.6. The summed E-state index contributed by atoms with van der Waals surface area (Å²) in [6, 6.07) is 19.3. The fourth-order valence-corrected chi connectivity index (χ4v) is 3.07. The van der Waals surface area contributed by atoms with Gasteiger partial charge in [0, 0.05) is 11.3 Å². The number of aromatic nitrogens is 2. The van der Waals surface area contributed by atoms with Gasteiger partial charge in [-0.2, -0.15) is 5.26 Å². The van der Waals surface area contributed by atoms with Crippen LogP contribution in [-0.2, 0) is 10.3 Å². The van der Waals surface area contributed by atoms with Gasteiger partial charge in [-0.25, -0.2) is 14.8 Å². The van der Waals surface area contributed by atoms with E-state index >= 15 is 0 Å². The number of benzene rings is 2. The Balaban J connectivity index is 1.84. The minimum Gasteiger partial charge on any atom is -0.444 e. The van der Waals surface area contributed by atoms with Crippen molar-refractivity contribution in [2.45, 2.75) is 45.8 Å². The van der Waals surface area contributed by atoms with Crippen molar-refractivity contribution in [2.75, 3.05) is 5.32 Å². The van der Waals surface area contributed by atoms with E-state index in [1.54, 1.807) is 0 Å². The molecule has 0 radical (unpaired) electrons. The lowest BCUT2D eigenvalue weighted by atomic mass is 9.93. The predicted molar refractivity (Wildman–Crippen MR) is 124 cm³/mol. The molecule has 2 N–H and O–H groups in total. The van der Waals surface area contributed by atoms with E-state index < -0.39 is 17.2 Å². The number of hydrogen-bond donors (Lipinski definition) is 2. The number of rotatable bonds is 5. The van der Waals surface area contributed by atoms with Gasteiger partial charge in [0.05, 0.1) is 23.0 Å². The summed E-state index contributed by atoms with van der Waals surface area (Å²) >= 11 is 0. The van der Waals surface area contributed by atoms with E-state index in [0.717, 1.165) is 16.8 Å². The predicted octanol–water partition coefficient (Wildman–Crippen LogP) is 5.52. The molecule has 1 heterocycles. The lowest BCUT2D eigenvalue weighted by molar-refractivity contribution is 0.0470. The third-order valence-corrected chi connectivity index (χ3v) is 4.63. The number of carbonyl (C=O) groups excluding carboxylic acids is 1. The molecule has 1 amide bonds. The van der Waals surface area contributed by atoms with Crippen molar-refractivity contribution < 1.29 is 9.53 Å². The number of nitrogens with zero attached hydrogens (tertiary/aromatic N) is 3. The van der Waals surface area contributed by atoms with E-state index in [0.29, 0.717) is 17.2 Å². The zero-order valence-electron chi connectivity index (χ0n) is 18.9. The average Bonchev–Trinajstić information content (AvgIpc) is 2.73. The molecule has 2 aromatic carbocycles. The van der Waals surface area contributed by atoms with E-state index in [9.17, 15) is 10.1 Å². The van der Waals surface area contributed by atoms with Crippen molar-refractivity contribution in [1.82, 2.24) is 15.3 Å². The lowest BCUT2D eigenvalue weighted by Gasteiger charge is -2.29. The maximum Gasteiger partial charge on any atom is 0.408 e. The summed E-state index contributed by atoms with van der Waals surface area (Å²) in [4.78, 5) is 21.0. The van der Waals surface area contributed by atoms with E-state index in [2.05, 4.69) is 26.7 Å². The van der Waals surface area contributed by atoms with Crippen molar-refractivity contribution in [3.05, 3.63) is 71.9 Å². The van der Waals surface area contributed by atoms with Crippen LogP contribution in [0.1, 0.15) is 45.7 Å². The largest absolute Gasteiger partial charge is 0.444 e. The first-order valence-corrected chi connectivity index (χ1v) is 10.3. The molecule has 0 aliphatic carbocycles. The molecule has 3 aromatic rings. The summed E-state index contributed by atoms with van der Waals surface area (Å²) in [5.41, 5.74) is 2.21. The highest BCUT2D eigenvalue weighted by Gasteiger charge is 2.26. The Morgan fingerprint density at radius 2 is 1.66 bits per heavy atom. The van der Waals surface area contributed by atoms with Crippen LogP contribution in [-0.4, -0.2) is 21.7 Å². The summed E-state index contributed by atoms with van der Waals surface area (Å²) in [5, 5.41) is 15.6. The van der Waals surface area contributed by atoms with Crippen LogP contribution < -0.4 is 10.6 Å². The van der Waals surface area contributed by atoms with E-state index in [1.165, 1.54) is 6.20 Å². The van der Waals surface area contributed by atoms with E-state index in [1.807, 2.05) is 89.2 Å². The number of alkyl carbamates (subject to hydrolysis) is 1. The molecule has 7 nitrogen and oxygen atoms in total. The van der Waals surface area contributed by atoms with Crippen molar-refractivity contribution in [3.63, 3.8) is 0 Å². The fourth-order valence-electron chi connectivity index (χ4n) is 3.07. The number of nitriles is 1. The Hall–Kier alpha value is -3.92. The molecule has 164 valence electrons. The summed E-state index contributed by atoms with van der Waals surface area (Å²) < 4.78 is 5.37. The molecule has 7 heteroatoms. The molecule has 0 aliphatic rings. The van der Waals surface area contributed by atoms with Crippen LogP contribution in [0.5, 0.6) is 0 Å². The molecule has 32 heavy (non-hydrogen) atoms. The van der Waals surface area contributed by atoms with Gasteiger partial charge in [-0.15, -0.1) is 0 Å². The Morgan fingerprint density at radius 3 is 2.25 bits per heavy atom. The number of hydrogen-bond acceptors (Lipinski definition) is 6. The van der Waals surface area contributed by atoms with Crippen LogP contribution >= 0.6 is 0 Å². The molecule has 0 bridgehead atoms. The van der Waals surface area contributed by atoms with Gasteiger partial charge in [0.1, 0.15) is 11.7 Å². The second-order valence-corrected chi connectivity index (χ2v) is 8.89. The molecule has 0 saturated heterocycles. The Kier molecular flexibility index (Phi) is 6.45. The van der Waals surface area contributed by atoms with Crippen LogP contribution in [0.25, 0.3) is 11.3 Å². The monoisotopic (exact) mass is 429 g/mol. The van der Waals surface area contributed by atoms with E-state index in [4.69, 9.17) is 4.74 Å². The molecule has 0 aliphatic heterocycles.